The lowest BCUT2D eigenvalue weighted by molar-refractivity contribution is -0.143. The summed E-state index contributed by atoms with van der Waals surface area (Å²) in [7, 11) is 0. The molecule has 7 heteroatoms. The third kappa shape index (κ3) is 5.70. The van der Waals surface area contributed by atoms with Gasteiger partial charge in [0.2, 0.25) is 5.88 Å². The number of carboxylic acid groups (broad SMARTS) is 1. The minimum absolute atomic E-state index is 0.163. The van der Waals surface area contributed by atoms with Crippen molar-refractivity contribution in [1.82, 2.24) is 10.3 Å². The van der Waals surface area contributed by atoms with Gasteiger partial charge in [0.1, 0.15) is 11.5 Å². The van der Waals surface area contributed by atoms with Gasteiger partial charge in [0, 0.05) is 18.3 Å². The van der Waals surface area contributed by atoms with Gasteiger partial charge in [0.05, 0.1) is 5.92 Å². The molecule has 2 atom stereocenters. The summed E-state index contributed by atoms with van der Waals surface area (Å²) >= 11 is 0. The molecule has 1 aliphatic rings. The van der Waals surface area contributed by atoms with Crippen LogP contribution in [0.25, 0.3) is 0 Å². The summed E-state index contributed by atoms with van der Waals surface area (Å²) in [6, 6.07) is 11.9. The van der Waals surface area contributed by atoms with Crippen molar-refractivity contribution >= 4 is 11.9 Å². The van der Waals surface area contributed by atoms with Crippen molar-refractivity contribution in [3.05, 3.63) is 48.7 Å². The van der Waals surface area contributed by atoms with Crippen molar-refractivity contribution < 1.29 is 24.2 Å². The molecular formula is C21H24N2O5. The lowest BCUT2D eigenvalue weighted by Crippen LogP contribution is -2.44. The third-order valence-electron chi connectivity index (χ3n) is 4.73. The van der Waals surface area contributed by atoms with Gasteiger partial charge in [0.25, 0.3) is 5.91 Å². The van der Waals surface area contributed by atoms with Gasteiger partial charge in [-0.25, -0.2) is 4.98 Å². The zero-order chi connectivity index (χ0) is 19.8. The molecule has 2 N–H and O–H groups in total. The molecule has 0 radical (unpaired) electrons. The van der Waals surface area contributed by atoms with Crippen molar-refractivity contribution in [3.63, 3.8) is 0 Å². The zero-order valence-corrected chi connectivity index (χ0v) is 15.5. The van der Waals surface area contributed by atoms with E-state index in [1.54, 1.807) is 36.5 Å². The van der Waals surface area contributed by atoms with E-state index in [0.717, 1.165) is 19.3 Å². The maximum Gasteiger partial charge on any atom is 0.308 e. The fraction of sp³-hybridized carbons (Fsp3) is 0.381. The number of rotatable bonds is 7. The number of carboxylic acids is 1. The van der Waals surface area contributed by atoms with Crippen LogP contribution in [0.3, 0.4) is 0 Å². The van der Waals surface area contributed by atoms with E-state index in [2.05, 4.69) is 10.3 Å². The van der Waals surface area contributed by atoms with Crippen LogP contribution in [0.5, 0.6) is 17.4 Å². The Hall–Kier alpha value is -3.09. The highest BCUT2D eigenvalue weighted by Gasteiger charge is 2.30. The summed E-state index contributed by atoms with van der Waals surface area (Å²) in [5, 5.41) is 12.2. The summed E-state index contributed by atoms with van der Waals surface area (Å²) in [6.45, 7) is -0.163. The topological polar surface area (TPSA) is 97.8 Å². The number of nitrogens with zero attached hydrogens (tertiary/aromatic N) is 1. The Labute approximate surface area is 163 Å². The van der Waals surface area contributed by atoms with Crippen LogP contribution in [0.2, 0.25) is 0 Å². The van der Waals surface area contributed by atoms with Crippen LogP contribution in [0, 0.1) is 5.92 Å². The fourth-order valence-electron chi connectivity index (χ4n) is 3.31. The van der Waals surface area contributed by atoms with Crippen LogP contribution >= 0.6 is 0 Å². The Balaban J connectivity index is 1.49. The number of aliphatic carboxylic acids is 1. The molecule has 0 unspecified atom stereocenters. The summed E-state index contributed by atoms with van der Waals surface area (Å²) in [5.74, 6) is -0.0672. The first-order valence-electron chi connectivity index (χ1n) is 9.46. The SMILES string of the molecule is O=C(COc1ccc(Oc2ccccn2)cc1)N[C@H]1CCCCC[C@H]1C(=O)O. The number of ether oxygens (including phenoxy) is 2. The largest absolute Gasteiger partial charge is 0.484 e. The number of carbonyl (C=O) groups excluding carboxylic acids is 1. The van der Waals surface area contributed by atoms with E-state index >= 15 is 0 Å². The smallest absolute Gasteiger partial charge is 0.308 e. The van der Waals surface area contributed by atoms with E-state index in [-0.39, 0.29) is 18.6 Å². The summed E-state index contributed by atoms with van der Waals surface area (Å²) in [5.41, 5.74) is 0. The van der Waals surface area contributed by atoms with Crippen LogP contribution in [0.4, 0.5) is 0 Å². The van der Waals surface area contributed by atoms with Crippen molar-refractivity contribution in [2.24, 2.45) is 5.92 Å². The summed E-state index contributed by atoms with van der Waals surface area (Å²) in [4.78, 5) is 27.7. The lowest BCUT2D eigenvalue weighted by atomic mass is 9.95. The van der Waals surface area contributed by atoms with Crippen molar-refractivity contribution in [2.45, 2.75) is 38.1 Å². The number of hydrogen-bond donors (Lipinski definition) is 2. The van der Waals surface area contributed by atoms with Gasteiger partial charge in [-0.2, -0.15) is 0 Å². The van der Waals surface area contributed by atoms with Crippen LogP contribution in [0.15, 0.2) is 48.7 Å². The molecule has 0 bridgehead atoms. The number of carbonyl (C=O) groups is 2. The molecule has 1 aromatic heterocycles. The molecule has 1 fully saturated rings. The molecule has 0 aliphatic heterocycles. The van der Waals surface area contributed by atoms with Crippen LogP contribution in [0.1, 0.15) is 32.1 Å². The van der Waals surface area contributed by atoms with E-state index in [0.29, 0.717) is 30.2 Å². The summed E-state index contributed by atoms with van der Waals surface area (Å²) in [6.07, 6.45) is 5.73. The molecule has 0 spiro atoms. The van der Waals surface area contributed by atoms with Gasteiger partial charge in [-0.05, 0) is 43.2 Å². The Morgan fingerprint density at radius 1 is 1.04 bits per heavy atom. The highest BCUT2D eigenvalue weighted by molar-refractivity contribution is 5.79. The first kappa shape index (κ1) is 19.7. The molecular weight excluding hydrogens is 360 g/mol. The molecule has 28 heavy (non-hydrogen) atoms. The number of hydrogen-bond acceptors (Lipinski definition) is 5. The normalized spacial score (nSPS) is 19.3. The maximum absolute atomic E-state index is 12.2. The van der Waals surface area contributed by atoms with Gasteiger partial charge in [-0.3, -0.25) is 9.59 Å². The average molecular weight is 384 g/mol. The molecule has 2 aromatic rings. The lowest BCUT2D eigenvalue weighted by Gasteiger charge is -2.22. The van der Waals surface area contributed by atoms with E-state index in [1.807, 2.05) is 12.1 Å². The average Bonchev–Trinajstić information content (AvgIpc) is 2.94. The molecule has 3 rings (SSSR count). The maximum atomic E-state index is 12.2. The predicted octanol–water partition coefficient (Wildman–Crippen LogP) is 3.40. The quantitative estimate of drug-likeness (QED) is 0.710. The van der Waals surface area contributed by atoms with Crippen LogP contribution < -0.4 is 14.8 Å². The number of amides is 1. The number of benzene rings is 1. The zero-order valence-electron chi connectivity index (χ0n) is 15.5. The van der Waals surface area contributed by atoms with E-state index in [9.17, 15) is 14.7 Å². The van der Waals surface area contributed by atoms with Gasteiger partial charge in [0.15, 0.2) is 6.61 Å². The second-order valence-electron chi connectivity index (χ2n) is 6.79. The van der Waals surface area contributed by atoms with E-state index in [1.165, 1.54) is 0 Å². The first-order valence-corrected chi connectivity index (χ1v) is 9.46. The Morgan fingerprint density at radius 2 is 1.79 bits per heavy atom. The standard InChI is InChI=1S/C21H24N2O5/c24-19(23-18-7-3-1-2-6-17(18)21(25)26)14-27-15-9-11-16(12-10-15)28-20-8-4-5-13-22-20/h4-5,8-13,17-18H,1-3,6-7,14H2,(H,23,24)(H,25,26)/t17-,18+/m1/s1. The number of nitrogens with one attached hydrogen (secondary N) is 1. The molecule has 148 valence electrons. The van der Waals surface area contributed by atoms with Crippen molar-refractivity contribution in [3.8, 4) is 17.4 Å². The van der Waals surface area contributed by atoms with Crippen molar-refractivity contribution in [1.29, 1.82) is 0 Å². The molecule has 1 saturated carbocycles. The Bertz CT molecular complexity index is 779. The van der Waals surface area contributed by atoms with Crippen molar-refractivity contribution in [2.75, 3.05) is 6.61 Å². The predicted molar refractivity (Wildman–Crippen MR) is 102 cm³/mol. The Kier molecular flexibility index (Phi) is 6.84. The minimum Gasteiger partial charge on any atom is -0.484 e. The highest BCUT2D eigenvalue weighted by atomic mass is 16.5. The monoisotopic (exact) mass is 384 g/mol. The first-order chi connectivity index (χ1) is 13.6. The van der Waals surface area contributed by atoms with Gasteiger partial charge < -0.3 is 19.9 Å². The molecule has 0 saturated heterocycles. The van der Waals surface area contributed by atoms with Crippen LogP contribution in [-0.4, -0.2) is 34.6 Å². The van der Waals surface area contributed by atoms with Crippen LogP contribution in [-0.2, 0) is 9.59 Å². The molecule has 1 heterocycles. The van der Waals surface area contributed by atoms with Gasteiger partial charge in [-0.15, -0.1) is 0 Å². The number of aromatic nitrogens is 1. The summed E-state index contributed by atoms with van der Waals surface area (Å²) < 4.78 is 11.1. The minimum atomic E-state index is -0.850. The van der Waals surface area contributed by atoms with Gasteiger partial charge in [-0.1, -0.05) is 25.3 Å². The third-order valence-corrected chi connectivity index (χ3v) is 4.73. The second kappa shape index (κ2) is 9.73. The highest BCUT2D eigenvalue weighted by Crippen LogP contribution is 2.24. The fourth-order valence-corrected chi connectivity index (χ4v) is 3.31. The Morgan fingerprint density at radius 3 is 2.50 bits per heavy atom. The van der Waals surface area contributed by atoms with E-state index < -0.39 is 11.9 Å². The van der Waals surface area contributed by atoms with E-state index in [4.69, 9.17) is 9.47 Å². The number of pyridine rings is 1. The molecule has 1 aliphatic carbocycles. The van der Waals surface area contributed by atoms with Gasteiger partial charge >= 0.3 is 5.97 Å². The molecule has 7 nitrogen and oxygen atoms in total. The second-order valence-corrected chi connectivity index (χ2v) is 6.79. The molecule has 1 amide bonds. The molecule has 1 aromatic carbocycles.